The van der Waals surface area contributed by atoms with Crippen molar-refractivity contribution in [1.82, 2.24) is 4.90 Å². The molecule has 1 N–H and O–H groups in total. The Morgan fingerprint density at radius 2 is 2.04 bits per heavy atom. The molecular formula is C20H14ClFN2O2S. The fraction of sp³-hybridized carbons (Fsp3) is 0.200. The molecule has 0 aliphatic carbocycles. The molecule has 1 saturated heterocycles. The smallest absolute Gasteiger partial charge is 0.231 e. The number of allylic oxidation sites excluding steroid dienone is 1. The summed E-state index contributed by atoms with van der Waals surface area (Å²) in [6.07, 6.45) is -0.00763. The molecule has 27 heavy (non-hydrogen) atoms. The van der Waals surface area contributed by atoms with Crippen molar-refractivity contribution >= 4 is 29.3 Å². The number of hydrogen-bond acceptors (Lipinski definition) is 4. The minimum absolute atomic E-state index is 0.00763. The molecule has 0 saturated carbocycles. The molecule has 4 rings (SSSR count). The molecule has 2 atom stereocenters. The predicted octanol–water partition coefficient (Wildman–Crippen LogP) is 4.12. The van der Waals surface area contributed by atoms with Gasteiger partial charge in [0, 0.05) is 22.9 Å². The lowest BCUT2D eigenvalue weighted by atomic mass is 9.85. The van der Waals surface area contributed by atoms with Crippen molar-refractivity contribution in [3.05, 3.63) is 81.1 Å². The fourth-order valence-electron chi connectivity index (χ4n) is 3.56. The molecule has 136 valence electrons. The number of fused-ring (bicyclic) bond motifs is 1. The summed E-state index contributed by atoms with van der Waals surface area (Å²) in [7, 11) is 0. The molecule has 7 heteroatoms. The first-order valence-electron chi connectivity index (χ1n) is 8.28. The molecule has 0 radical (unpaired) electrons. The van der Waals surface area contributed by atoms with Crippen LogP contribution in [0, 0.1) is 17.1 Å². The third-order valence-electron chi connectivity index (χ3n) is 4.87. The Morgan fingerprint density at radius 3 is 2.70 bits per heavy atom. The third-order valence-corrected chi connectivity index (χ3v) is 6.34. The van der Waals surface area contributed by atoms with Crippen molar-refractivity contribution in [2.45, 2.75) is 18.1 Å². The second kappa shape index (κ2) is 6.68. The predicted molar refractivity (Wildman–Crippen MR) is 101 cm³/mol. The van der Waals surface area contributed by atoms with E-state index < -0.39 is 17.5 Å². The van der Waals surface area contributed by atoms with Crippen LogP contribution in [0.4, 0.5) is 4.39 Å². The average molecular weight is 401 g/mol. The zero-order valence-corrected chi connectivity index (χ0v) is 15.6. The summed E-state index contributed by atoms with van der Waals surface area (Å²) in [6.45, 7) is 0. The largest absolute Gasteiger partial charge is 0.366 e. The van der Waals surface area contributed by atoms with E-state index in [-0.39, 0.29) is 18.1 Å². The topological polar surface area (TPSA) is 64.3 Å². The van der Waals surface area contributed by atoms with E-state index >= 15 is 0 Å². The zero-order chi connectivity index (χ0) is 19.2. The van der Waals surface area contributed by atoms with Gasteiger partial charge in [0.2, 0.25) is 5.91 Å². The maximum atomic E-state index is 13.6. The van der Waals surface area contributed by atoms with Gasteiger partial charge in [0.1, 0.15) is 5.82 Å². The van der Waals surface area contributed by atoms with Crippen LogP contribution in [-0.4, -0.2) is 21.7 Å². The second-order valence-corrected chi connectivity index (χ2v) is 7.88. The van der Waals surface area contributed by atoms with Gasteiger partial charge < -0.3 is 5.11 Å². The van der Waals surface area contributed by atoms with Crippen LogP contribution in [-0.2, 0) is 10.5 Å². The molecule has 4 nitrogen and oxygen atoms in total. The van der Waals surface area contributed by atoms with E-state index in [1.165, 1.54) is 28.8 Å². The van der Waals surface area contributed by atoms with Crippen molar-refractivity contribution in [1.29, 1.82) is 5.26 Å². The molecule has 0 bridgehead atoms. The molecular weight excluding hydrogens is 387 g/mol. The molecule has 0 unspecified atom stereocenters. The van der Waals surface area contributed by atoms with Gasteiger partial charge in [-0.3, -0.25) is 9.69 Å². The first kappa shape index (κ1) is 18.1. The highest BCUT2D eigenvalue weighted by Crippen LogP contribution is 2.51. The van der Waals surface area contributed by atoms with Crippen LogP contribution in [0.25, 0.3) is 0 Å². The fourth-order valence-corrected chi connectivity index (χ4v) is 5.05. The molecule has 0 spiro atoms. The molecule has 2 aromatic rings. The average Bonchev–Trinajstić information content (AvgIpc) is 3.01. The summed E-state index contributed by atoms with van der Waals surface area (Å²) in [4.78, 5) is 14.3. The van der Waals surface area contributed by atoms with E-state index in [9.17, 15) is 19.6 Å². The normalized spacial score (nSPS) is 24.7. The molecule has 0 aromatic heterocycles. The van der Waals surface area contributed by atoms with Crippen molar-refractivity contribution < 1.29 is 14.3 Å². The Hall–Kier alpha value is -2.33. The maximum absolute atomic E-state index is 13.6. The Labute approximate surface area is 164 Å². The van der Waals surface area contributed by atoms with Gasteiger partial charge >= 0.3 is 0 Å². The van der Waals surface area contributed by atoms with Crippen LogP contribution < -0.4 is 0 Å². The zero-order valence-electron chi connectivity index (χ0n) is 14.0. The number of carbonyl (C=O) groups is 1. The number of carbonyl (C=O) groups excluding carboxylic acids is 1. The maximum Gasteiger partial charge on any atom is 0.231 e. The Kier molecular flexibility index (Phi) is 4.47. The number of aliphatic hydroxyl groups is 1. The number of benzene rings is 2. The van der Waals surface area contributed by atoms with E-state index in [2.05, 4.69) is 6.07 Å². The standard InChI is InChI=1S/C20H14ClFN2O2S/c21-14-6-4-13(5-7-14)20(26)11-27-19-17(10-23)16(9-18(25)24(19)20)12-2-1-3-15(22)8-12/h1-8,16,26H,9,11H2/t16-,20-/m0/s1. The van der Waals surface area contributed by atoms with Gasteiger partial charge in [-0.05, 0) is 29.8 Å². The quantitative estimate of drug-likeness (QED) is 0.823. The van der Waals surface area contributed by atoms with E-state index in [0.717, 1.165) is 0 Å². The van der Waals surface area contributed by atoms with Crippen molar-refractivity contribution in [3.63, 3.8) is 0 Å². The van der Waals surface area contributed by atoms with Crippen LogP contribution in [0.1, 0.15) is 23.5 Å². The number of amides is 1. The molecule has 2 aliphatic rings. The van der Waals surface area contributed by atoms with Gasteiger partial charge in [-0.25, -0.2) is 4.39 Å². The second-order valence-electron chi connectivity index (χ2n) is 6.48. The van der Waals surface area contributed by atoms with Gasteiger partial charge in [0.25, 0.3) is 0 Å². The van der Waals surface area contributed by atoms with Crippen molar-refractivity contribution in [2.75, 3.05) is 5.75 Å². The van der Waals surface area contributed by atoms with Crippen LogP contribution in [0.2, 0.25) is 5.02 Å². The van der Waals surface area contributed by atoms with Gasteiger partial charge in [0.15, 0.2) is 5.72 Å². The number of rotatable bonds is 2. The number of nitrogens with zero attached hydrogens (tertiary/aromatic N) is 2. The molecule has 1 fully saturated rings. The summed E-state index contributed by atoms with van der Waals surface area (Å²) in [5.74, 6) is -1.04. The van der Waals surface area contributed by atoms with E-state index in [0.29, 0.717) is 26.8 Å². The summed E-state index contributed by atoms with van der Waals surface area (Å²) in [5.41, 5.74) is -0.0645. The molecule has 2 heterocycles. The SMILES string of the molecule is N#CC1=C2SC[C@](O)(c3ccc(Cl)cc3)N2C(=O)C[C@H]1c1cccc(F)c1. The lowest BCUT2D eigenvalue weighted by Crippen LogP contribution is -2.48. The van der Waals surface area contributed by atoms with Crippen LogP contribution in [0.5, 0.6) is 0 Å². The molecule has 2 aromatic carbocycles. The Balaban J connectivity index is 1.81. The number of thioether (sulfide) groups is 1. The van der Waals surface area contributed by atoms with E-state index in [1.54, 1.807) is 36.4 Å². The van der Waals surface area contributed by atoms with Crippen LogP contribution in [0.3, 0.4) is 0 Å². The summed E-state index contributed by atoms with van der Waals surface area (Å²) in [5, 5.41) is 22.0. The first-order valence-corrected chi connectivity index (χ1v) is 9.64. The Bertz CT molecular complexity index is 1000. The highest BCUT2D eigenvalue weighted by molar-refractivity contribution is 8.03. The van der Waals surface area contributed by atoms with Crippen molar-refractivity contribution in [3.8, 4) is 6.07 Å². The lowest BCUT2D eigenvalue weighted by molar-refractivity contribution is -0.149. The highest BCUT2D eigenvalue weighted by atomic mass is 35.5. The lowest BCUT2D eigenvalue weighted by Gasteiger charge is -2.38. The third kappa shape index (κ3) is 2.92. The molecule has 2 aliphatic heterocycles. The van der Waals surface area contributed by atoms with Crippen LogP contribution >= 0.6 is 23.4 Å². The van der Waals surface area contributed by atoms with Crippen molar-refractivity contribution in [2.24, 2.45) is 0 Å². The van der Waals surface area contributed by atoms with Gasteiger partial charge in [-0.1, -0.05) is 35.9 Å². The monoisotopic (exact) mass is 400 g/mol. The van der Waals surface area contributed by atoms with Crippen LogP contribution in [0.15, 0.2) is 59.1 Å². The number of nitriles is 1. The Morgan fingerprint density at radius 1 is 1.30 bits per heavy atom. The minimum Gasteiger partial charge on any atom is -0.366 e. The number of halogens is 2. The van der Waals surface area contributed by atoms with E-state index in [1.807, 2.05) is 0 Å². The molecule has 1 amide bonds. The first-order chi connectivity index (χ1) is 12.9. The number of hydrogen-bond donors (Lipinski definition) is 1. The van der Waals surface area contributed by atoms with E-state index in [4.69, 9.17) is 11.6 Å². The summed E-state index contributed by atoms with van der Waals surface area (Å²) >= 11 is 7.18. The van der Waals surface area contributed by atoms with Gasteiger partial charge in [0.05, 0.1) is 22.4 Å². The highest BCUT2D eigenvalue weighted by Gasteiger charge is 2.51. The summed E-state index contributed by atoms with van der Waals surface area (Å²) < 4.78 is 13.6. The van der Waals surface area contributed by atoms with Gasteiger partial charge in [-0.2, -0.15) is 5.26 Å². The van der Waals surface area contributed by atoms with Gasteiger partial charge in [-0.15, -0.1) is 11.8 Å². The summed E-state index contributed by atoms with van der Waals surface area (Å²) in [6, 6.07) is 14.7. The minimum atomic E-state index is -1.54.